The third-order valence-corrected chi connectivity index (χ3v) is 6.02. The van der Waals surface area contributed by atoms with E-state index in [0.29, 0.717) is 30.6 Å². The van der Waals surface area contributed by atoms with Crippen LogP contribution in [0.1, 0.15) is 28.7 Å². The van der Waals surface area contributed by atoms with Gasteiger partial charge in [0.1, 0.15) is 11.3 Å². The van der Waals surface area contributed by atoms with E-state index in [-0.39, 0.29) is 6.42 Å². The van der Waals surface area contributed by atoms with Gasteiger partial charge in [0.2, 0.25) is 5.91 Å². The average Bonchev–Trinajstić information content (AvgIpc) is 2.88. The quantitative estimate of drug-likeness (QED) is 0.201. The molecule has 0 aliphatic rings. The molecule has 1 amide bonds. The molecule has 2 N–H and O–H groups in total. The van der Waals surface area contributed by atoms with Crippen LogP contribution in [0, 0.1) is 12.8 Å². The SMILES string of the molecule is Cc1ccc2oc(=O)c(CC(CCc3ccc(OCCc4ccncc4)cc3)C(=O)NO)cc2c1. The highest BCUT2D eigenvalue weighted by Gasteiger charge is 2.21. The number of carbonyl (C=O) groups excluding carboxylic acids is 1. The molecule has 4 rings (SSSR count). The summed E-state index contributed by atoms with van der Waals surface area (Å²) in [6, 6.07) is 19.0. The molecule has 7 heteroatoms. The van der Waals surface area contributed by atoms with Crippen LogP contribution in [0.25, 0.3) is 11.0 Å². The van der Waals surface area contributed by atoms with E-state index in [2.05, 4.69) is 4.98 Å². The number of rotatable bonds is 10. The molecule has 0 bridgehead atoms. The molecule has 2 aromatic carbocycles. The van der Waals surface area contributed by atoms with Crippen molar-refractivity contribution in [3.8, 4) is 5.75 Å². The second-order valence-electron chi connectivity index (χ2n) is 8.61. The van der Waals surface area contributed by atoms with Crippen molar-refractivity contribution < 1.29 is 19.2 Å². The molecule has 180 valence electrons. The number of nitrogens with zero attached hydrogens (tertiary/aromatic N) is 1. The maximum Gasteiger partial charge on any atom is 0.339 e. The Labute approximate surface area is 203 Å². The van der Waals surface area contributed by atoms with Gasteiger partial charge in [-0.3, -0.25) is 15.0 Å². The third-order valence-electron chi connectivity index (χ3n) is 6.02. The number of hydrogen-bond donors (Lipinski definition) is 2. The summed E-state index contributed by atoms with van der Waals surface area (Å²) in [5, 5.41) is 10.0. The summed E-state index contributed by atoms with van der Waals surface area (Å²) in [6.45, 7) is 2.53. The van der Waals surface area contributed by atoms with Gasteiger partial charge in [-0.15, -0.1) is 0 Å². The summed E-state index contributed by atoms with van der Waals surface area (Å²) in [5.74, 6) is -0.331. The summed E-state index contributed by atoms with van der Waals surface area (Å²) in [4.78, 5) is 28.8. The van der Waals surface area contributed by atoms with E-state index in [9.17, 15) is 14.8 Å². The highest BCUT2D eigenvalue weighted by molar-refractivity contribution is 5.79. The number of ether oxygens (including phenoxy) is 1. The summed E-state index contributed by atoms with van der Waals surface area (Å²) in [6.07, 6.45) is 5.57. The average molecular weight is 473 g/mol. The van der Waals surface area contributed by atoms with Crippen LogP contribution in [0.15, 0.2) is 82.3 Å². The first kappa shape index (κ1) is 24.2. The van der Waals surface area contributed by atoms with Gasteiger partial charge in [0.25, 0.3) is 0 Å². The van der Waals surface area contributed by atoms with Gasteiger partial charge in [0.05, 0.1) is 6.61 Å². The van der Waals surface area contributed by atoms with Gasteiger partial charge in [0.15, 0.2) is 0 Å². The van der Waals surface area contributed by atoms with E-state index >= 15 is 0 Å². The van der Waals surface area contributed by atoms with Crippen molar-refractivity contribution in [2.45, 2.75) is 32.6 Å². The molecule has 2 heterocycles. The number of carbonyl (C=O) groups is 1. The lowest BCUT2D eigenvalue weighted by atomic mass is 9.92. The molecular formula is C28H28N2O5. The standard InChI is InChI=1S/C28H28N2O5/c1-19-2-9-26-23(16-19)18-24(28(32)35-26)17-22(27(31)30-33)6-3-20-4-7-25(8-5-20)34-15-12-21-10-13-29-14-11-21/h2,4-5,7-11,13-14,16,18,22,33H,3,6,12,15,17H2,1H3,(H,30,31). The van der Waals surface area contributed by atoms with Crippen LogP contribution < -0.4 is 15.8 Å². The Morgan fingerprint density at radius 2 is 1.77 bits per heavy atom. The van der Waals surface area contributed by atoms with E-state index in [4.69, 9.17) is 9.15 Å². The number of aromatic nitrogens is 1. The van der Waals surface area contributed by atoms with Crippen LogP contribution >= 0.6 is 0 Å². The second kappa shape index (κ2) is 11.4. The lowest BCUT2D eigenvalue weighted by Gasteiger charge is -2.15. The molecule has 35 heavy (non-hydrogen) atoms. The topological polar surface area (TPSA) is 102 Å². The van der Waals surface area contributed by atoms with Crippen LogP contribution in [-0.2, 0) is 24.1 Å². The van der Waals surface area contributed by atoms with Gasteiger partial charge in [-0.2, -0.15) is 0 Å². The van der Waals surface area contributed by atoms with Crippen molar-refractivity contribution in [2.75, 3.05) is 6.61 Å². The minimum Gasteiger partial charge on any atom is -0.493 e. The molecular weight excluding hydrogens is 444 g/mol. The normalized spacial score (nSPS) is 11.8. The van der Waals surface area contributed by atoms with Crippen molar-refractivity contribution in [3.05, 3.63) is 106 Å². The Morgan fingerprint density at radius 3 is 2.51 bits per heavy atom. The Bertz CT molecular complexity index is 1330. The van der Waals surface area contributed by atoms with E-state index in [1.54, 1.807) is 30.0 Å². The minimum atomic E-state index is -0.582. The Hall–Kier alpha value is -3.97. The van der Waals surface area contributed by atoms with Crippen LogP contribution in [0.4, 0.5) is 0 Å². The van der Waals surface area contributed by atoms with Gasteiger partial charge in [-0.1, -0.05) is 23.8 Å². The molecule has 7 nitrogen and oxygen atoms in total. The molecule has 0 saturated carbocycles. The lowest BCUT2D eigenvalue weighted by Crippen LogP contribution is -2.31. The highest BCUT2D eigenvalue weighted by Crippen LogP contribution is 2.20. The van der Waals surface area contributed by atoms with Gasteiger partial charge in [-0.25, -0.2) is 10.3 Å². The van der Waals surface area contributed by atoms with Crippen molar-refractivity contribution in [3.63, 3.8) is 0 Å². The fourth-order valence-corrected chi connectivity index (χ4v) is 4.04. The number of hydrogen-bond acceptors (Lipinski definition) is 6. The van der Waals surface area contributed by atoms with Crippen LogP contribution in [-0.4, -0.2) is 22.7 Å². The monoisotopic (exact) mass is 472 g/mol. The van der Waals surface area contributed by atoms with E-state index in [0.717, 1.165) is 28.7 Å². The first-order chi connectivity index (χ1) is 17.0. The fraction of sp³-hybridized carbons (Fsp3) is 0.250. The van der Waals surface area contributed by atoms with E-state index in [1.165, 1.54) is 5.56 Å². The largest absolute Gasteiger partial charge is 0.493 e. The van der Waals surface area contributed by atoms with E-state index < -0.39 is 17.5 Å². The molecule has 4 aromatic rings. The van der Waals surface area contributed by atoms with Crippen LogP contribution in [0.5, 0.6) is 5.75 Å². The minimum absolute atomic E-state index is 0.175. The Balaban J connectivity index is 1.37. The number of fused-ring (bicyclic) bond motifs is 1. The predicted molar refractivity (Wildman–Crippen MR) is 133 cm³/mol. The summed E-state index contributed by atoms with van der Waals surface area (Å²) in [7, 11) is 0. The number of nitrogens with one attached hydrogen (secondary N) is 1. The number of benzene rings is 2. The second-order valence-corrected chi connectivity index (χ2v) is 8.61. The molecule has 1 atom stereocenters. The maximum atomic E-state index is 12.5. The summed E-state index contributed by atoms with van der Waals surface area (Å²) < 4.78 is 11.3. The molecule has 2 aromatic heterocycles. The first-order valence-electron chi connectivity index (χ1n) is 11.6. The van der Waals surface area contributed by atoms with Gasteiger partial charge < -0.3 is 9.15 Å². The number of amides is 1. The maximum absolute atomic E-state index is 12.5. The molecule has 0 radical (unpaired) electrons. The van der Waals surface area contributed by atoms with Crippen LogP contribution in [0.2, 0.25) is 0 Å². The van der Waals surface area contributed by atoms with Gasteiger partial charge in [-0.05, 0) is 79.8 Å². The Kier molecular flexibility index (Phi) is 7.90. The van der Waals surface area contributed by atoms with Gasteiger partial charge >= 0.3 is 5.63 Å². The van der Waals surface area contributed by atoms with Crippen molar-refractivity contribution in [2.24, 2.45) is 5.92 Å². The number of pyridine rings is 1. The molecule has 0 fully saturated rings. The van der Waals surface area contributed by atoms with E-state index in [1.807, 2.05) is 55.5 Å². The zero-order valence-corrected chi connectivity index (χ0v) is 19.6. The number of hydroxylamine groups is 1. The molecule has 0 aliphatic carbocycles. The van der Waals surface area contributed by atoms with Gasteiger partial charge in [0, 0.05) is 35.7 Å². The zero-order chi connectivity index (χ0) is 24.6. The predicted octanol–water partition coefficient (Wildman–Crippen LogP) is 4.41. The van der Waals surface area contributed by atoms with Crippen molar-refractivity contribution in [1.82, 2.24) is 10.5 Å². The highest BCUT2D eigenvalue weighted by atomic mass is 16.5. The van der Waals surface area contributed by atoms with Crippen molar-refractivity contribution in [1.29, 1.82) is 0 Å². The molecule has 0 spiro atoms. The third kappa shape index (κ3) is 6.55. The van der Waals surface area contributed by atoms with Crippen LogP contribution in [0.3, 0.4) is 0 Å². The zero-order valence-electron chi connectivity index (χ0n) is 19.6. The molecule has 1 unspecified atom stereocenters. The first-order valence-corrected chi connectivity index (χ1v) is 11.6. The van der Waals surface area contributed by atoms with Crippen molar-refractivity contribution >= 4 is 16.9 Å². The molecule has 0 aliphatic heterocycles. The smallest absolute Gasteiger partial charge is 0.339 e. The summed E-state index contributed by atoms with van der Waals surface area (Å²) >= 11 is 0. The Morgan fingerprint density at radius 1 is 1.03 bits per heavy atom. The lowest BCUT2D eigenvalue weighted by molar-refractivity contribution is -0.133. The fourth-order valence-electron chi connectivity index (χ4n) is 4.04. The molecule has 0 saturated heterocycles. The number of aryl methyl sites for hydroxylation is 2. The summed E-state index contributed by atoms with van der Waals surface area (Å²) in [5.41, 5.74) is 5.44.